The number of nitrogens with one attached hydrogen (secondary N) is 1. The van der Waals surface area contributed by atoms with E-state index in [9.17, 15) is 13.6 Å². The SMILES string of the molecule is Cc1cc(C(F)F)n2ncc(C(=O)NCc3c(C)nn(-c4ccccc4)c3C)c2n1. The van der Waals surface area contributed by atoms with Crippen LogP contribution in [-0.4, -0.2) is 30.3 Å². The Morgan fingerprint density at radius 1 is 1.17 bits per heavy atom. The van der Waals surface area contributed by atoms with Crippen molar-refractivity contribution in [3.8, 4) is 5.69 Å². The zero-order valence-electron chi connectivity index (χ0n) is 16.7. The van der Waals surface area contributed by atoms with Gasteiger partial charge in [0.15, 0.2) is 5.65 Å². The fourth-order valence-electron chi connectivity index (χ4n) is 3.44. The average molecular weight is 410 g/mol. The lowest BCUT2D eigenvalue weighted by atomic mass is 10.2. The first-order valence-electron chi connectivity index (χ1n) is 9.39. The third kappa shape index (κ3) is 3.42. The van der Waals surface area contributed by atoms with Gasteiger partial charge < -0.3 is 5.32 Å². The number of hydrogen-bond donors (Lipinski definition) is 1. The predicted molar refractivity (Wildman–Crippen MR) is 107 cm³/mol. The molecule has 0 atom stereocenters. The minimum Gasteiger partial charge on any atom is -0.348 e. The summed E-state index contributed by atoms with van der Waals surface area (Å²) in [4.78, 5) is 17.0. The first-order chi connectivity index (χ1) is 14.4. The number of alkyl halides is 2. The van der Waals surface area contributed by atoms with E-state index in [1.54, 1.807) is 6.92 Å². The highest BCUT2D eigenvalue weighted by Crippen LogP contribution is 2.22. The Hall–Kier alpha value is -3.62. The van der Waals surface area contributed by atoms with Crippen LogP contribution in [0.4, 0.5) is 8.78 Å². The number of para-hydroxylation sites is 1. The van der Waals surface area contributed by atoms with E-state index in [4.69, 9.17) is 0 Å². The Labute approximate surface area is 171 Å². The molecule has 0 unspecified atom stereocenters. The summed E-state index contributed by atoms with van der Waals surface area (Å²) in [7, 11) is 0. The van der Waals surface area contributed by atoms with Crippen molar-refractivity contribution >= 4 is 11.6 Å². The molecule has 0 radical (unpaired) electrons. The quantitative estimate of drug-likeness (QED) is 0.544. The van der Waals surface area contributed by atoms with Gasteiger partial charge in [-0.25, -0.2) is 23.0 Å². The summed E-state index contributed by atoms with van der Waals surface area (Å²) >= 11 is 0. The summed E-state index contributed by atoms with van der Waals surface area (Å²) in [5.41, 5.74) is 3.87. The number of rotatable bonds is 5. The predicted octanol–water partition coefficient (Wildman–Crippen LogP) is 3.71. The maximum absolute atomic E-state index is 13.3. The lowest BCUT2D eigenvalue weighted by molar-refractivity contribution is 0.0952. The fourth-order valence-corrected chi connectivity index (χ4v) is 3.44. The third-order valence-electron chi connectivity index (χ3n) is 4.96. The highest BCUT2D eigenvalue weighted by Gasteiger charge is 2.21. The Morgan fingerprint density at radius 3 is 2.60 bits per heavy atom. The van der Waals surface area contributed by atoms with Crippen LogP contribution < -0.4 is 5.32 Å². The van der Waals surface area contributed by atoms with Crippen LogP contribution in [0.2, 0.25) is 0 Å². The molecule has 0 fully saturated rings. The second-order valence-electron chi connectivity index (χ2n) is 7.00. The van der Waals surface area contributed by atoms with Crippen molar-refractivity contribution in [1.29, 1.82) is 0 Å². The van der Waals surface area contributed by atoms with Gasteiger partial charge in [0, 0.05) is 23.5 Å². The van der Waals surface area contributed by atoms with Crippen LogP contribution in [0.25, 0.3) is 11.3 Å². The zero-order valence-corrected chi connectivity index (χ0v) is 16.7. The van der Waals surface area contributed by atoms with Crippen molar-refractivity contribution in [2.45, 2.75) is 33.7 Å². The van der Waals surface area contributed by atoms with E-state index in [0.29, 0.717) is 5.69 Å². The van der Waals surface area contributed by atoms with Gasteiger partial charge in [0.25, 0.3) is 12.3 Å². The van der Waals surface area contributed by atoms with Crippen molar-refractivity contribution in [3.05, 3.63) is 76.5 Å². The Balaban J connectivity index is 1.60. The molecular formula is C21H20F2N6O. The van der Waals surface area contributed by atoms with E-state index >= 15 is 0 Å². The fraction of sp³-hybridized carbons (Fsp3) is 0.238. The van der Waals surface area contributed by atoms with Crippen molar-refractivity contribution in [2.24, 2.45) is 0 Å². The molecule has 1 aromatic carbocycles. The molecule has 0 aliphatic carbocycles. The summed E-state index contributed by atoms with van der Waals surface area (Å²) in [6.45, 7) is 5.66. The average Bonchev–Trinajstić information content (AvgIpc) is 3.27. The van der Waals surface area contributed by atoms with Crippen LogP contribution in [0.15, 0.2) is 42.6 Å². The summed E-state index contributed by atoms with van der Waals surface area (Å²) in [6, 6.07) is 11.0. The standard InChI is InChI=1S/C21H20F2N6O/c1-12-9-18(19(22)23)29-20(26-12)17(11-25-29)21(30)24-10-16-13(2)27-28(14(16)3)15-7-5-4-6-8-15/h4-9,11,19H,10H2,1-3H3,(H,24,30). The molecule has 0 bridgehead atoms. The zero-order chi connectivity index (χ0) is 21.4. The molecule has 154 valence electrons. The number of carbonyl (C=O) groups is 1. The highest BCUT2D eigenvalue weighted by molar-refractivity contribution is 5.99. The van der Waals surface area contributed by atoms with Crippen LogP contribution in [-0.2, 0) is 6.54 Å². The molecule has 9 heteroatoms. The molecule has 3 heterocycles. The summed E-state index contributed by atoms with van der Waals surface area (Å²) in [5, 5.41) is 11.3. The van der Waals surface area contributed by atoms with Crippen LogP contribution in [0.1, 0.15) is 45.1 Å². The lowest BCUT2D eigenvalue weighted by Crippen LogP contribution is -2.23. The minimum atomic E-state index is -2.72. The topological polar surface area (TPSA) is 77.1 Å². The number of hydrogen-bond acceptors (Lipinski definition) is 4. The molecule has 1 amide bonds. The maximum atomic E-state index is 13.3. The lowest BCUT2D eigenvalue weighted by Gasteiger charge is -2.08. The summed E-state index contributed by atoms with van der Waals surface area (Å²) < 4.78 is 29.4. The van der Waals surface area contributed by atoms with E-state index in [1.165, 1.54) is 12.3 Å². The molecule has 3 aromatic heterocycles. The number of nitrogens with zero attached hydrogens (tertiary/aromatic N) is 5. The molecule has 0 saturated carbocycles. The molecular weight excluding hydrogens is 390 g/mol. The van der Waals surface area contributed by atoms with Gasteiger partial charge in [0.05, 0.1) is 17.6 Å². The third-order valence-corrected chi connectivity index (χ3v) is 4.96. The summed E-state index contributed by atoms with van der Waals surface area (Å²) in [5.74, 6) is -0.436. The second kappa shape index (κ2) is 7.66. The van der Waals surface area contributed by atoms with E-state index < -0.39 is 12.3 Å². The molecule has 0 aliphatic rings. The van der Waals surface area contributed by atoms with Gasteiger partial charge in [0.2, 0.25) is 0 Å². The van der Waals surface area contributed by atoms with Crippen molar-refractivity contribution in [1.82, 2.24) is 29.7 Å². The molecule has 0 spiro atoms. The highest BCUT2D eigenvalue weighted by atomic mass is 19.3. The number of amides is 1. The Kier molecular flexibility index (Phi) is 5.03. The molecule has 4 aromatic rings. The first-order valence-corrected chi connectivity index (χ1v) is 9.39. The molecule has 0 saturated heterocycles. The van der Waals surface area contributed by atoms with E-state index in [-0.39, 0.29) is 23.4 Å². The number of aromatic nitrogens is 5. The molecule has 1 N–H and O–H groups in total. The van der Waals surface area contributed by atoms with Gasteiger partial charge in [-0.15, -0.1) is 0 Å². The normalized spacial score (nSPS) is 11.4. The molecule has 30 heavy (non-hydrogen) atoms. The van der Waals surface area contributed by atoms with E-state index in [1.807, 2.05) is 48.9 Å². The largest absolute Gasteiger partial charge is 0.348 e. The number of fused-ring (bicyclic) bond motifs is 1. The number of benzene rings is 1. The van der Waals surface area contributed by atoms with Crippen LogP contribution in [0.5, 0.6) is 0 Å². The van der Waals surface area contributed by atoms with Gasteiger partial charge >= 0.3 is 0 Å². The van der Waals surface area contributed by atoms with Crippen molar-refractivity contribution in [3.63, 3.8) is 0 Å². The van der Waals surface area contributed by atoms with Gasteiger partial charge in [-0.05, 0) is 39.0 Å². The van der Waals surface area contributed by atoms with E-state index in [0.717, 1.165) is 27.2 Å². The van der Waals surface area contributed by atoms with Gasteiger partial charge in [0.1, 0.15) is 11.3 Å². The van der Waals surface area contributed by atoms with Gasteiger partial charge in [-0.1, -0.05) is 18.2 Å². The van der Waals surface area contributed by atoms with Gasteiger partial charge in [-0.3, -0.25) is 4.79 Å². The summed E-state index contributed by atoms with van der Waals surface area (Å²) in [6.07, 6.45) is -1.46. The maximum Gasteiger partial charge on any atom is 0.280 e. The van der Waals surface area contributed by atoms with Crippen molar-refractivity contribution in [2.75, 3.05) is 0 Å². The van der Waals surface area contributed by atoms with E-state index in [2.05, 4.69) is 20.5 Å². The number of halogens is 2. The van der Waals surface area contributed by atoms with Crippen LogP contribution in [0.3, 0.4) is 0 Å². The monoisotopic (exact) mass is 410 g/mol. The van der Waals surface area contributed by atoms with Gasteiger partial charge in [-0.2, -0.15) is 10.2 Å². The molecule has 4 rings (SSSR count). The van der Waals surface area contributed by atoms with Crippen LogP contribution >= 0.6 is 0 Å². The van der Waals surface area contributed by atoms with Crippen LogP contribution in [0, 0.1) is 20.8 Å². The number of aryl methyl sites for hydroxylation is 2. The Bertz CT molecular complexity index is 1230. The second-order valence-corrected chi connectivity index (χ2v) is 7.00. The number of carbonyl (C=O) groups excluding carboxylic acids is 1. The molecule has 7 nitrogen and oxygen atoms in total. The first kappa shape index (κ1) is 19.7. The van der Waals surface area contributed by atoms with Crippen molar-refractivity contribution < 1.29 is 13.6 Å². The molecule has 0 aliphatic heterocycles. The minimum absolute atomic E-state index is 0.108. The smallest absolute Gasteiger partial charge is 0.280 e. The Morgan fingerprint density at radius 2 is 1.90 bits per heavy atom.